The number of carbonyl (C=O) groups is 1. The Morgan fingerprint density at radius 3 is 2.00 bits per heavy atom. The van der Waals surface area contributed by atoms with E-state index in [1.54, 1.807) is 0 Å². The second kappa shape index (κ2) is 9.85. The minimum atomic E-state index is -0.995. The third-order valence-electron chi connectivity index (χ3n) is 4.03. The lowest BCUT2D eigenvalue weighted by atomic mass is 10.3. The molecule has 6 heteroatoms. The first-order chi connectivity index (χ1) is 14.2. The van der Waals surface area contributed by atoms with E-state index in [1.165, 1.54) is 6.92 Å². The zero-order chi connectivity index (χ0) is 20.5. The molecule has 29 heavy (non-hydrogen) atoms. The first-order valence-electron chi connectivity index (χ1n) is 9.31. The van der Waals surface area contributed by atoms with Crippen molar-refractivity contribution in [1.29, 1.82) is 0 Å². The summed E-state index contributed by atoms with van der Waals surface area (Å²) in [6.45, 7) is 1.54. The van der Waals surface area contributed by atoms with Crippen molar-refractivity contribution < 1.29 is 14.5 Å². The molecule has 6 nitrogen and oxygen atoms in total. The number of anilines is 2. The molecular weight excluding hydrogens is 364 g/mol. The molecule has 1 N–H and O–H groups in total. The number of hydrogen-bond donors (Lipinski definition) is 1. The van der Waals surface area contributed by atoms with Gasteiger partial charge in [-0.15, -0.1) is 4.68 Å². The molecule has 0 aliphatic heterocycles. The van der Waals surface area contributed by atoms with E-state index in [-0.39, 0.29) is 6.42 Å². The van der Waals surface area contributed by atoms with Gasteiger partial charge in [0.1, 0.15) is 5.69 Å². The summed E-state index contributed by atoms with van der Waals surface area (Å²) in [5, 5.41) is 17.4. The van der Waals surface area contributed by atoms with E-state index >= 15 is 0 Å². The molecule has 0 aliphatic rings. The summed E-state index contributed by atoms with van der Waals surface area (Å²) in [4.78, 5) is 9.26. The summed E-state index contributed by atoms with van der Waals surface area (Å²) in [6.07, 6.45) is 2.09. The number of nitrogens with one attached hydrogen (secondary N) is 1. The molecule has 146 valence electrons. The number of rotatable bonds is 5. The van der Waals surface area contributed by atoms with E-state index in [9.17, 15) is 9.90 Å². The fourth-order valence-corrected chi connectivity index (χ4v) is 2.56. The summed E-state index contributed by atoms with van der Waals surface area (Å²) in [7, 11) is 0. The zero-order valence-corrected chi connectivity index (χ0v) is 16.1. The van der Waals surface area contributed by atoms with Gasteiger partial charge in [0.15, 0.2) is 0 Å². The molecule has 0 aliphatic carbocycles. The highest BCUT2D eigenvalue weighted by Crippen LogP contribution is 2.14. The van der Waals surface area contributed by atoms with Crippen LogP contribution in [-0.2, 0) is 4.79 Å². The lowest BCUT2D eigenvalue weighted by Crippen LogP contribution is -2.31. The number of hydrogen-bond acceptors (Lipinski definition) is 4. The zero-order valence-electron chi connectivity index (χ0n) is 16.1. The fourth-order valence-electron chi connectivity index (χ4n) is 2.56. The third-order valence-corrected chi connectivity index (χ3v) is 4.03. The number of benzene rings is 3. The van der Waals surface area contributed by atoms with Crippen molar-refractivity contribution in [3.63, 3.8) is 0 Å². The Labute approximate surface area is 169 Å². The Bertz CT molecular complexity index is 1030. The Hall–Kier alpha value is -3.93. The van der Waals surface area contributed by atoms with Crippen molar-refractivity contribution in [2.45, 2.75) is 13.3 Å². The van der Waals surface area contributed by atoms with Crippen LogP contribution in [0.3, 0.4) is 0 Å². The molecule has 0 fully saturated rings. The lowest BCUT2D eigenvalue weighted by molar-refractivity contribution is -0.581. The Morgan fingerprint density at radius 2 is 1.45 bits per heavy atom. The quantitative estimate of drug-likeness (QED) is 0.535. The van der Waals surface area contributed by atoms with Gasteiger partial charge >= 0.3 is 5.95 Å². The van der Waals surface area contributed by atoms with Crippen LogP contribution in [0.1, 0.15) is 13.3 Å². The van der Waals surface area contributed by atoms with Crippen LogP contribution in [0, 0.1) is 0 Å². The molecule has 0 saturated heterocycles. The van der Waals surface area contributed by atoms with Gasteiger partial charge in [0.05, 0.1) is 11.4 Å². The van der Waals surface area contributed by atoms with E-state index in [4.69, 9.17) is 5.10 Å². The molecule has 0 unspecified atom stereocenters. The normalized spacial score (nSPS) is 9.97. The number of aromatic nitrogens is 3. The molecule has 0 spiro atoms. The van der Waals surface area contributed by atoms with Crippen LogP contribution in [0.25, 0.3) is 11.4 Å². The average Bonchev–Trinajstić information content (AvgIpc) is 3.20. The highest BCUT2D eigenvalue weighted by molar-refractivity contribution is 5.63. The van der Waals surface area contributed by atoms with Crippen molar-refractivity contribution in [3.8, 4) is 11.4 Å². The van der Waals surface area contributed by atoms with Crippen LogP contribution in [0.2, 0.25) is 0 Å². The van der Waals surface area contributed by atoms with Gasteiger partial charge in [-0.2, -0.15) is 4.57 Å². The minimum absolute atomic E-state index is 0.111. The van der Waals surface area contributed by atoms with Crippen LogP contribution in [-0.4, -0.2) is 15.7 Å². The second-order valence-electron chi connectivity index (χ2n) is 6.14. The summed E-state index contributed by atoms with van der Waals surface area (Å²) in [6, 6.07) is 30.3. The van der Waals surface area contributed by atoms with Crippen molar-refractivity contribution >= 4 is 17.6 Å². The van der Waals surface area contributed by atoms with Crippen LogP contribution in [0.5, 0.6) is 0 Å². The average molecular weight is 386 g/mol. The van der Waals surface area contributed by atoms with E-state index in [2.05, 4.69) is 17.4 Å². The van der Waals surface area contributed by atoms with Gasteiger partial charge in [0.25, 0.3) is 0 Å². The fraction of sp³-hybridized carbons (Fsp3) is 0.0870. The molecule has 0 radical (unpaired) electrons. The number of nitrogens with zero attached hydrogens (tertiary/aromatic N) is 3. The smallest absolute Gasteiger partial charge is 0.387 e. The van der Waals surface area contributed by atoms with Crippen molar-refractivity contribution in [1.82, 2.24) is 9.78 Å². The topological polar surface area (TPSA) is 73.9 Å². The highest BCUT2D eigenvalue weighted by Gasteiger charge is 2.18. The van der Waals surface area contributed by atoms with Gasteiger partial charge in [0.2, 0.25) is 6.33 Å². The van der Waals surface area contributed by atoms with Gasteiger partial charge in [-0.1, -0.05) is 61.5 Å². The van der Waals surface area contributed by atoms with Crippen molar-refractivity contribution in [3.05, 3.63) is 97.3 Å². The van der Waals surface area contributed by atoms with Crippen LogP contribution >= 0.6 is 0 Å². The SMILES string of the molecule is CCC(=O)[O-].c1ccc(Nc2nn(-c3ccccc3)c[n+]2-c2ccccc2)cc1. The molecule has 3 aromatic carbocycles. The van der Waals surface area contributed by atoms with Gasteiger partial charge in [0, 0.05) is 11.1 Å². The summed E-state index contributed by atoms with van der Waals surface area (Å²) in [5.74, 6) is -0.235. The summed E-state index contributed by atoms with van der Waals surface area (Å²) < 4.78 is 3.91. The maximum atomic E-state index is 9.26. The third kappa shape index (κ3) is 5.52. The van der Waals surface area contributed by atoms with Gasteiger partial charge in [-0.3, -0.25) is 5.32 Å². The molecule has 4 rings (SSSR count). The number of carbonyl (C=O) groups excluding carboxylic acids is 1. The van der Waals surface area contributed by atoms with Crippen LogP contribution in [0.15, 0.2) is 97.3 Å². The Kier molecular flexibility index (Phi) is 6.73. The summed E-state index contributed by atoms with van der Waals surface area (Å²) in [5.41, 5.74) is 3.07. The molecule has 0 saturated carbocycles. The molecule has 1 heterocycles. The number of para-hydroxylation sites is 3. The standard InChI is InChI=1S/C20H17N4.C3H6O2/c1-4-10-17(11-5-1)21-20-22-24(19-14-8-3-9-15-19)16-23(20)18-12-6-2-7-13-18;1-2-3(4)5/h1-16H,(H,21,22);2H2,1H3,(H,4,5)/q+1;/p-1. The van der Waals surface area contributed by atoms with E-state index in [1.807, 2.05) is 94.4 Å². The molecule has 4 aromatic rings. The van der Waals surface area contributed by atoms with Crippen molar-refractivity contribution in [2.75, 3.05) is 5.32 Å². The van der Waals surface area contributed by atoms with Crippen LogP contribution < -0.4 is 15.0 Å². The van der Waals surface area contributed by atoms with Gasteiger partial charge in [-0.05, 0) is 42.8 Å². The maximum absolute atomic E-state index is 9.26. The maximum Gasteiger partial charge on any atom is 0.387 e. The first-order valence-corrected chi connectivity index (χ1v) is 9.31. The van der Waals surface area contributed by atoms with E-state index < -0.39 is 5.97 Å². The molecular formula is C23H22N4O2. The minimum Gasteiger partial charge on any atom is -0.550 e. The largest absolute Gasteiger partial charge is 0.550 e. The highest BCUT2D eigenvalue weighted by atomic mass is 16.4. The molecule has 0 amide bonds. The summed E-state index contributed by atoms with van der Waals surface area (Å²) >= 11 is 0. The van der Waals surface area contributed by atoms with Crippen LogP contribution in [0.4, 0.5) is 11.6 Å². The first kappa shape index (κ1) is 19.8. The van der Waals surface area contributed by atoms with E-state index in [0.29, 0.717) is 0 Å². The number of carboxylic acid groups (broad SMARTS) is 1. The number of aliphatic carboxylic acids is 1. The van der Waals surface area contributed by atoms with Crippen molar-refractivity contribution in [2.24, 2.45) is 0 Å². The predicted molar refractivity (Wildman–Crippen MR) is 110 cm³/mol. The van der Waals surface area contributed by atoms with E-state index in [0.717, 1.165) is 23.0 Å². The van der Waals surface area contributed by atoms with Gasteiger partial charge < -0.3 is 9.90 Å². The number of carboxylic acids is 1. The Morgan fingerprint density at radius 1 is 0.931 bits per heavy atom. The second-order valence-corrected chi connectivity index (χ2v) is 6.14. The molecule has 0 bridgehead atoms. The van der Waals surface area contributed by atoms with Gasteiger partial charge in [-0.25, -0.2) is 0 Å². The molecule has 1 aromatic heterocycles. The lowest BCUT2D eigenvalue weighted by Gasteiger charge is -2.01. The predicted octanol–water partition coefficient (Wildman–Crippen LogP) is 3.04. The molecule has 0 atom stereocenters. The monoisotopic (exact) mass is 386 g/mol. The Balaban J connectivity index is 0.000000431.